The fourth-order valence-electron chi connectivity index (χ4n) is 2.22. The van der Waals surface area contributed by atoms with Gasteiger partial charge in [0, 0.05) is 30.4 Å². The van der Waals surface area contributed by atoms with Crippen molar-refractivity contribution in [2.75, 3.05) is 30.8 Å². The Hall–Kier alpha value is -1.97. The van der Waals surface area contributed by atoms with Crippen LogP contribution in [0.2, 0.25) is 0 Å². The van der Waals surface area contributed by atoms with Gasteiger partial charge in [-0.1, -0.05) is 0 Å². The molecule has 0 saturated heterocycles. The number of aromatic nitrogens is 1. The molecule has 0 radical (unpaired) electrons. The Balaban J connectivity index is 2.75. The first-order chi connectivity index (χ1) is 8.72. The average molecular weight is 245 g/mol. The van der Waals surface area contributed by atoms with Gasteiger partial charge < -0.3 is 15.4 Å². The lowest BCUT2D eigenvalue weighted by Crippen LogP contribution is -2.23. The third kappa shape index (κ3) is 1.94. The van der Waals surface area contributed by atoms with Gasteiger partial charge in [0.15, 0.2) is 0 Å². The monoisotopic (exact) mass is 245 g/mol. The van der Waals surface area contributed by atoms with Crippen molar-refractivity contribution in [3.05, 3.63) is 24.4 Å². The zero-order chi connectivity index (χ0) is 13.1. The lowest BCUT2D eigenvalue weighted by atomic mass is 10.1. The van der Waals surface area contributed by atoms with Gasteiger partial charge in [0.05, 0.1) is 12.5 Å². The molecule has 18 heavy (non-hydrogen) atoms. The van der Waals surface area contributed by atoms with Crippen LogP contribution in [0.15, 0.2) is 24.4 Å². The number of rotatable bonds is 4. The molecule has 2 aromatic rings. The van der Waals surface area contributed by atoms with Gasteiger partial charge in [0.1, 0.15) is 11.6 Å². The molecule has 0 aliphatic carbocycles. The highest BCUT2D eigenvalue weighted by Crippen LogP contribution is 2.35. The summed E-state index contributed by atoms with van der Waals surface area (Å²) in [7, 11) is 1.67. The molecule has 0 atom stereocenters. The van der Waals surface area contributed by atoms with Crippen LogP contribution in [-0.4, -0.2) is 25.2 Å². The molecule has 96 valence electrons. The van der Waals surface area contributed by atoms with Crippen molar-refractivity contribution < 1.29 is 4.74 Å². The van der Waals surface area contributed by atoms with E-state index in [2.05, 4.69) is 23.7 Å². The lowest BCUT2D eigenvalue weighted by molar-refractivity contribution is 0.420. The van der Waals surface area contributed by atoms with E-state index in [-0.39, 0.29) is 0 Å². The van der Waals surface area contributed by atoms with Crippen LogP contribution in [0.4, 0.5) is 11.5 Å². The van der Waals surface area contributed by atoms with Crippen molar-refractivity contribution in [1.82, 2.24) is 4.98 Å². The second kappa shape index (κ2) is 5.12. The summed E-state index contributed by atoms with van der Waals surface area (Å²) >= 11 is 0. The zero-order valence-electron chi connectivity index (χ0n) is 11.1. The van der Waals surface area contributed by atoms with Crippen molar-refractivity contribution in [1.29, 1.82) is 0 Å². The second-order valence-electron chi connectivity index (χ2n) is 4.09. The van der Waals surface area contributed by atoms with Crippen LogP contribution in [0.5, 0.6) is 5.75 Å². The maximum Gasteiger partial charge on any atom is 0.138 e. The number of nitrogen functional groups attached to an aromatic ring is 1. The molecule has 4 nitrogen and oxygen atoms in total. The van der Waals surface area contributed by atoms with E-state index < -0.39 is 0 Å². The minimum atomic E-state index is 0.737. The first kappa shape index (κ1) is 12.5. The lowest BCUT2D eigenvalue weighted by Gasteiger charge is -2.22. The van der Waals surface area contributed by atoms with Crippen LogP contribution in [0.1, 0.15) is 13.8 Å². The van der Waals surface area contributed by atoms with E-state index in [1.165, 1.54) is 0 Å². The zero-order valence-corrected chi connectivity index (χ0v) is 11.1. The average Bonchev–Trinajstić information content (AvgIpc) is 2.41. The summed E-state index contributed by atoms with van der Waals surface area (Å²) in [4.78, 5) is 6.67. The van der Waals surface area contributed by atoms with Crippen LogP contribution in [0.25, 0.3) is 10.8 Å². The Labute approximate surface area is 107 Å². The topological polar surface area (TPSA) is 51.4 Å². The number of ether oxygens (including phenoxy) is 1. The van der Waals surface area contributed by atoms with Crippen LogP contribution in [-0.2, 0) is 0 Å². The quantitative estimate of drug-likeness (QED) is 0.841. The number of pyridine rings is 1. The Morgan fingerprint density at radius 2 is 1.94 bits per heavy atom. The van der Waals surface area contributed by atoms with Gasteiger partial charge in [-0.2, -0.15) is 0 Å². The Morgan fingerprint density at radius 3 is 2.56 bits per heavy atom. The van der Waals surface area contributed by atoms with E-state index in [0.717, 1.165) is 41.1 Å². The minimum Gasteiger partial charge on any atom is -0.496 e. The van der Waals surface area contributed by atoms with Crippen molar-refractivity contribution in [3.63, 3.8) is 0 Å². The number of fused-ring (bicyclic) bond motifs is 1. The number of anilines is 2. The van der Waals surface area contributed by atoms with Gasteiger partial charge in [-0.15, -0.1) is 0 Å². The van der Waals surface area contributed by atoms with Crippen molar-refractivity contribution >= 4 is 22.3 Å². The Kier molecular flexibility index (Phi) is 3.55. The van der Waals surface area contributed by atoms with Crippen molar-refractivity contribution in [2.24, 2.45) is 0 Å². The molecule has 1 aromatic carbocycles. The number of hydrogen-bond acceptors (Lipinski definition) is 4. The molecule has 0 aliphatic heterocycles. The van der Waals surface area contributed by atoms with E-state index in [1.807, 2.05) is 18.2 Å². The molecular formula is C14H19N3O. The fraction of sp³-hybridized carbons (Fsp3) is 0.357. The normalized spacial score (nSPS) is 10.6. The predicted molar refractivity (Wildman–Crippen MR) is 76.3 cm³/mol. The van der Waals surface area contributed by atoms with Gasteiger partial charge in [-0.05, 0) is 32.0 Å². The smallest absolute Gasteiger partial charge is 0.138 e. The van der Waals surface area contributed by atoms with E-state index >= 15 is 0 Å². The first-order valence-electron chi connectivity index (χ1n) is 6.19. The third-order valence-corrected chi connectivity index (χ3v) is 3.18. The summed E-state index contributed by atoms with van der Waals surface area (Å²) in [6.07, 6.45) is 1.80. The van der Waals surface area contributed by atoms with Crippen LogP contribution < -0.4 is 15.4 Å². The maximum absolute atomic E-state index is 6.11. The summed E-state index contributed by atoms with van der Waals surface area (Å²) in [5.74, 6) is 1.75. The number of hydrogen-bond donors (Lipinski definition) is 1. The van der Waals surface area contributed by atoms with Crippen molar-refractivity contribution in [2.45, 2.75) is 13.8 Å². The summed E-state index contributed by atoms with van der Waals surface area (Å²) in [5.41, 5.74) is 6.84. The maximum atomic E-state index is 6.11. The van der Waals surface area contributed by atoms with Gasteiger partial charge in [-0.25, -0.2) is 4.98 Å². The minimum absolute atomic E-state index is 0.737. The molecule has 2 N–H and O–H groups in total. The van der Waals surface area contributed by atoms with Crippen LogP contribution >= 0.6 is 0 Å². The molecule has 1 aromatic heterocycles. The number of methoxy groups -OCH3 is 1. The number of benzene rings is 1. The third-order valence-electron chi connectivity index (χ3n) is 3.18. The summed E-state index contributed by atoms with van der Waals surface area (Å²) in [5, 5.41) is 1.98. The standard InChI is InChI=1S/C14H19N3O/c1-4-17(5-2)14-13-10(8-9-16-14)12(18-3)7-6-11(13)15/h6-9H,4-5,15H2,1-3H3. The van der Waals surface area contributed by atoms with Crippen LogP contribution in [0.3, 0.4) is 0 Å². The summed E-state index contributed by atoms with van der Waals surface area (Å²) in [6.45, 7) is 6.03. The molecule has 0 spiro atoms. The molecule has 0 fully saturated rings. The highest BCUT2D eigenvalue weighted by molar-refractivity contribution is 6.04. The molecular weight excluding hydrogens is 226 g/mol. The largest absolute Gasteiger partial charge is 0.496 e. The van der Waals surface area contributed by atoms with Gasteiger partial charge in [-0.3, -0.25) is 0 Å². The fourth-order valence-corrected chi connectivity index (χ4v) is 2.22. The van der Waals surface area contributed by atoms with E-state index in [0.29, 0.717) is 0 Å². The van der Waals surface area contributed by atoms with E-state index in [9.17, 15) is 0 Å². The van der Waals surface area contributed by atoms with Gasteiger partial charge >= 0.3 is 0 Å². The van der Waals surface area contributed by atoms with Crippen LogP contribution in [0, 0.1) is 0 Å². The highest BCUT2D eigenvalue weighted by atomic mass is 16.5. The number of nitrogens with zero attached hydrogens (tertiary/aromatic N) is 2. The highest BCUT2D eigenvalue weighted by Gasteiger charge is 2.13. The molecule has 0 unspecified atom stereocenters. The van der Waals surface area contributed by atoms with E-state index in [4.69, 9.17) is 10.5 Å². The number of nitrogens with two attached hydrogens (primary N) is 1. The molecule has 0 bridgehead atoms. The summed E-state index contributed by atoms with van der Waals surface area (Å²) in [6, 6.07) is 5.71. The SMILES string of the molecule is CCN(CC)c1nccc2c(OC)ccc(N)c12. The predicted octanol–water partition coefficient (Wildman–Crippen LogP) is 2.67. The van der Waals surface area contributed by atoms with E-state index in [1.54, 1.807) is 13.3 Å². The summed E-state index contributed by atoms with van der Waals surface area (Å²) < 4.78 is 5.38. The molecule has 0 saturated carbocycles. The second-order valence-corrected chi connectivity index (χ2v) is 4.09. The molecule has 1 heterocycles. The van der Waals surface area contributed by atoms with Crippen molar-refractivity contribution in [3.8, 4) is 5.75 Å². The molecule has 2 rings (SSSR count). The molecule has 4 heteroatoms. The first-order valence-corrected chi connectivity index (χ1v) is 6.19. The van der Waals surface area contributed by atoms with Gasteiger partial charge in [0.25, 0.3) is 0 Å². The van der Waals surface area contributed by atoms with Gasteiger partial charge in [0.2, 0.25) is 0 Å². The molecule has 0 aliphatic rings. The molecule has 0 amide bonds. The Bertz CT molecular complexity index is 550. The Morgan fingerprint density at radius 1 is 1.22 bits per heavy atom.